The normalized spacial score (nSPS) is 15.8. The SMILES string of the molecule is C=C(COS(=O)(=O)c1ccc(C)cc1)C1=CCCCC1. The molecule has 0 spiro atoms. The third kappa shape index (κ3) is 3.81. The van der Waals surface area contributed by atoms with E-state index in [1.165, 1.54) is 6.42 Å². The van der Waals surface area contributed by atoms with Crippen molar-refractivity contribution in [1.29, 1.82) is 0 Å². The third-order valence-electron chi connectivity index (χ3n) is 3.44. The lowest BCUT2D eigenvalue weighted by molar-refractivity contribution is 0.349. The van der Waals surface area contributed by atoms with Gasteiger partial charge in [0, 0.05) is 0 Å². The molecule has 0 amide bonds. The van der Waals surface area contributed by atoms with E-state index in [0.29, 0.717) is 0 Å². The summed E-state index contributed by atoms with van der Waals surface area (Å²) in [5.74, 6) is 0. The first-order valence-corrected chi connectivity index (χ1v) is 8.23. The molecule has 108 valence electrons. The van der Waals surface area contributed by atoms with E-state index in [0.717, 1.165) is 36.0 Å². The summed E-state index contributed by atoms with van der Waals surface area (Å²) in [6.45, 7) is 5.87. The zero-order valence-corrected chi connectivity index (χ0v) is 12.6. The summed E-state index contributed by atoms with van der Waals surface area (Å²) in [4.78, 5) is 0.188. The minimum Gasteiger partial charge on any atom is -0.262 e. The monoisotopic (exact) mass is 292 g/mol. The molecule has 0 radical (unpaired) electrons. The number of hydrogen-bond donors (Lipinski definition) is 0. The maximum absolute atomic E-state index is 12.0. The second-order valence-corrected chi connectivity index (χ2v) is 6.72. The Labute approximate surface area is 121 Å². The molecule has 4 heteroatoms. The van der Waals surface area contributed by atoms with E-state index in [1.807, 2.05) is 6.92 Å². The molecule has 0 saturated heterocycles. The van der Waals surface area contributed by atoms with Gasteiger partial charge in [-0.2, -0.15) is 8.42 Å². The van der Waals surface area contributed by atoms with E-state index in [2.05, 4.69) is 12.7 Å². The van der Waals surface area contributed by atoms with Crippen LogP contribution in [0, 0.1) is 6.92 Å². The molecular weight excluding hydrogens is 272 g/mol. The van der Waals surface area contributed by atoms with Crippen LogP contribution in [-0.4, -0.2) is 15.0 Å². The Balaban J connectivity index is 2.00. The Morgan fingerprint density at radius 2 is 1.95 bits per heavy atom. The van der Waals surface area contributed by atoms with Crippen LogP contribution in [0.1, 0.15) is 31.2 Å². The molecule has 0 fully saturated rings. The van der Waals surface area contributed by atoms with Gasteiger partial charge in [-0.25, -0.2) is 0 Å². The van der Waals surface area contributed by atoms with Crippen LogP contribution in [0.25, 0.3) is 0 Å². The van der Waals surface area contributed by atoms with E-state index >= 15 is 0 Å². The highest BCUT2D eigenvalue weighted by atomic mass is 32.2. The Kier molecular flexibility index (Phi) is 4.78. The molecule has 1 aliphatic rings. The Morgan fingerprint density at radius 1 is 1.25 bits per heavy atom. The second kappa shape index (κ2) is 6.37. The predicted molar refractivity (Wildman–Crippen MR) is 80.0 cm³/mol. The van der Waals surface area contributed by atoms with Gasteiger partial charge in [-0.1, -0.05) is 30.4 Å². The lowest BCUT2D eigenvalue weighted by Gasteiger charge is -2.15. The van der Waals surface area contributed by atoms with Gasteiger partial charge < -0.3 is 0 Å². The number of benzene rings is 1. The van der Waals surface area contributed by atoms with Gasteiger partial charge in [-0.05, 0) is 55.9 Å². The van der Waals surface area contributed by atoms with Crippen molar-refractivity contribution in [3.05, 3.63) is 53.6 Å². The molecule has 0 bridgehead atoms. The maximum atomic E-state index is 12.0. The van der Waals surface area contributed by atoms with Crippen molar-refractivity contribution in [2.75, 3.05) is 6.61 Å². The highest BCUT2D eigenvalue weighted by molar-refractivity contribution is 7.86. The van der Waals surface area contributed by atoms with Crippen molar-refractivity contribution >= 4 is 10.1 Å². The molecule has 3 nitrogen and oxygen atoms in total. The van der Waals surface area contributed by atoms with Gasteiger partial charge in [0.1, 0.15) is 0 Å². The van der Waals surface area contributed by atoms with Gasteiger partial charge in [0.25, 0.3) is 10.1 Å². The molecule has 0 atom stereocenters. The molecular formula is C16H20O3S. The van der Waals surface area contributed by atoms with E-state index in [-0.39, 0.29) is 11.5 Å². The van der Waals surface area contributed by atoms with Gasteiger partial charge in [0.2, 0.25) is 0 Å². The van der Waals surface area contributed by atoms with Crippen molar-refractivity contribution in [2.24, 2.45) is 0 Å². The van der Waals surface area contributed by atoms with Crippen molar-refractivity contribution < 1.29 is 12.6 Å². The van der Waals surface area contributed by atoms with Crippen LogP contribution in [0.15, 0.2) is 53.0 Å². The third-order valence-corrected chi connectivity index (χ3v) is 4.72. The molecule has 0 N–H and O–H groups in total. The van der Waals surface area contributed by atoms with Crippen LogP contribution >= 0.6 is 0 Å². The molecule has 0 aliphatic heterocycles. The topological polar surface area (TPSA) is 43.4 Å². The Bertz CT molecular complexity index is 610. The van der Waals surface area contributed by atoms with E-state index < -0.39 is 10.1 Å². The summed E-state index contributed by atoms with van der Waals surface area (Å²) in [7, 11) is -3.70. The van der Waals surface area contributed by atoms with Crippen LogP contribution < -0.4 is 0 Å². The van der Waals surface area contributed by atoms with Crippen molar-refractivity contribution in [3.63, 3.8) is 0 Å². The van der Waals surface area contributed by atoms with Crippen molar-refractivity contribution in [2.45, 2.75) is 37.5 Å². The molecule has 1 aromatic carbocycles. The standard InChI is InChI=1S/C16H20O3S/c1-13-8-10-16(11-9-13)20(17,18)19-12-14(2)15-6-4-3-5-7-15/h6,8-11H,2-5,7,12H2,1H3. The van der Waals surface area contributed by atoms with Gasteiger partial charge >= 0.3 is 0 Å². The average molecular weight is 292 g/mol. The molecule has 2 rings (SSSR count). The average Bonchev–Trinajstić information content (AvgIpc) is 2.46. The summed E-state index contributed by atoms with van der Waals surface area (Å²) < 4.78 is 29.2. The van der Waals surface area contributed by atoms with Crippen LogP contribution in [0.4, 0.5) is 0 Å². The summed E-state index contributed by atoms with van der Waals surface area (Å²) in [6, 6.07) is 6.64. The second-order valence-electron chi connectivity index (χ2n) is 5.11. The summed E-state index contributed by atoms with van der Waals surface area (Å²) in [5, 5.41) is 0. The van der Waals surface area contributed by atoms with Gasteiger partial charge in [0.15, 0.2) is 0 Å². The van der Waals surface area contributed by atoms with Crippen molar-refractivity contribution in [3.8, 4) is 0 Å². The molecule has 20 heavy (non-hydrogen) atoms. The Morgan fingerprint density at radius 3 is 2.55 bits per heavy atom. The Hall–Kier alpha value is -1.39. The van der Waals surface area contributed by atoms with Crippen LogP contribution in [0.5, 0.6) is 0 Å². The highest BCUT2D eigenvalue weighted by Gasteiger charge is 2.16. The molecule has 0 unspecified atom stereocenters. The number of hydrogen-bond acceptors (Lipinski definition) is 3. The fraction of sp³-hybridized carbons (Fsp3) is 0.375. The highest BCUT2D eigenvalue weighted by Crippen LogP contribution is 2.24. The van der Waals surface area contributed by atoms with Crippen LogP contribution in [0.2, 0.25) is 0 Å². The van der Waals surface area contributed by atoms with E-state index in [9.17, 15) is 8.42 Å². The van der Waals surface area contributed by atoms with E-state index in [4.69, 9.17) is 4.18 Å². The van der Waals surface area contributed by atoms with Gasteiger partial charge in [0.05, 0.1) is 11.5 Å². The predicted octanol–water partition coefficient (Wildman–Crippen LogP) is 3.76. The zero-order chi connectivity index (χ0) is 14.6. The molecule has 0 heterocycles. The van der Waals surface area contributed by atoms with Gasteiger partial charge in [-0.15, -0.1) is 0 Å². The fourth-order valence-electron chi connectivity index (χ4n) is 2.17. The summed E-state index contributed by atoms with van der Waals surface area (Å²) >= 11 is 0. The molecule has 0 saturated carbocycles. The molecule has 1 aromatic rings. The lowest BCUT2D eigenvalue weighted by Crippen LogP contribution is -2.10. The number of aryl methyl sites for hydroxylation is 1. The smallest absolute Gasteiger partial charge is 0.262 e. The number of rotatable bonds is 5. The van der Waals surface area contributed by atoms with Crippen molar-refractivity contribution in [1.82, 2.24) is 0 Å². The zero-order valence-electron chi connectivity index (χ0n) is 11.8. The largest absolute Gasteiger partial charge is 0.297 e. The molecule has 0 aromatic heterocycles. The van der Waals surface area contributed by atoms with E-state index in [1.54, 1.807) is 24.3 Å². The first-order chi connectivity index (χ1) is 9.49. The van der Waals surface area contributed by atoms with Crippen LogP contribution in [-0.2, 0) is 14.3 Å². The minimum absolute atomic E-state index is 0.0298. The van der Waals surface area contributed by atoms with Crippen LogP contribution in [0.3, 0.4) is 0 Å². The summed E-state index contributed by atoms with van der Waals surface area (Å²) in [6.07, 6.45) is 6.47. The number of allylic oxidation sites excluding steroid dienone is 1. The quantitative estimate of drug-likeness (QED) is 0.776. The summed E-state index contributed by atoms with van der Waals surface area (Å²) in [5.41, 5.74) is 2.91. The first kappa shape index (κ1) is 15.0. The maximum Gasteiger partial charge on any atom is 0.297 e. The lowest BCUT2D eigenvalue weighted by atomic mass is 9.95. The van der Waals surface area contributed by atoms with Gasteiger partial charge in [-0.3, -0.25) is 4.18 Å². The minimum atomic E-state index is -3.70. The fourth-order valence-corrected chi connectivity index (χ4v) is 3.08. The first-order valence-electron chi connectivity index (χ1n) is 6.82. The molecule has 1 aliphatic carbocycles.